The Bertz CT molecular complexity index is 1020. The molecule has 0 aliphatic carbocycles. The maximum atomic E-state index is 12.5. The predicted octanol–water partition coefficient (Wildman–Crippen LogP) is 4.68. The molecule has 7 heteroatoms. The molecule has 2 aromatic carbocycles. The number of hydrogen-bond acceptors (Lipinski definition) is 4. The quantitative estimate of drug-likeness (QED) is 0.609. The molecule has 7 nitrogen and oxygen atoms in total. The Kier molecular flexibility index (Phi) is 6.52. The van der Waals surface area contributed by atoms with Crippen molar-refractivity contribution in [3.63, 3.8) is 0 Å². The number of hydrogen-bond donors (Lipinski definition) is 2. The normalized spacial score (nSPS) is 14.9. The number of aromatic nitrogens is 2. The molecule has 1 aliphatic heterocycles. The number of ether oxygens (including phenoxy) is 1. The smallest absolute Gasteiger partial charge is 0.324 e. The van der Waals surface area contributed by atoms with Gasteiger partial charge in [0.1, 0.15) is 11.6 Å². The summed E-state index contributed by atoms with van der Waals surface area (Å²) in [5.74, 6) is 1.61. The van der Waals surface area contributed by atoms with Crippen molar-refractivity contribution < 1.29 is 9.53 Å². The number of para-hydroxylation sites is 1. The minimum absolute atomic E-state index is 0.258. The Hall–Kier alpha value is -3.32. The van der Waals surface area contributed by atoms with Gasteiger partial charge in [-0.25, -0.2) is 9.48 Å². The van der Waals surface area contributed by atoms with Crippen molar-refractivity contribution in [1.29, 1.82) is 0 Å². The number of amides is 2. The van der Waals surface area contributed by atoms with E-state index in [4.69, 9.17) is 4.74 Å². The number of benzene rings is 2. The van der Waals surface area contributed by atoms with Gasteiger partial charge in [-0.1, -0.05) is 30.3 Å². The molecule has 0 unspecified atom stereocenters. The highest BCUT2D eigenvalue weighted by atomic mass is 16.5. The van der Waals surface area contributed by atoms with Gasteiger partial charge < -0.3 is 10.1 Å². The number of piperidine rings is 1. The van der Waals surface area contributed by atoms with Gasteiger partial charge >= 0.3 is 6.03 Å². The van der Waals surface area contributed by atoms with Crippen LogP contribution in [0.2, 0.25) is 0 Å². The zero-order valence-corrected chi connectivity index (χ0v) is 18.0. The highest BCUT2D eigenvalue weighted by Crippen LogP contribution is 2.27. The van der Waals surface area contributed by atoms with E-state index in [2.05, 4.69) is 32.8 Å². The lowest BCUT2D eigenvalue weighted by molar-refractivity contribution is 0.174. The molecule has 0 atom stereocenters. The Morgan fingerprint density at radius 3 is 2.68 bits per heavy atom. The van der Waals surface area contributed by atoms with Crippen molar-refractivity contribution in [3.05, 3.63) is 71.9 Å². The van der Waals surface area contributed by atoms with Crippen molar-refractivity contribution >= 4 is 17.5 Å². The monoisotopic (exact) mass is 419 g/mol. The third-order valence-corrected chi connectivity index (χ3v) is 5.75. The molecule has 0 spiro atoms. The van der Waals surface area contributed by atoms with Gasteiger partial charge in [-0.3, -0.25) is 10.2 Å². The third kappa shape index (κ3) is 5.24. The molecule has 31 heavy (non-hydrogen) atoms. The van der Waals surface area contributed by atoms with E-state index in [1.165, 1.54) is 5.56 Å². The van der Waals surface area contributed by atoms with Crippen LogP contribution in [0.15, 0.2) is 60.8 Å². The Morgan fingerprint density at radius 2 is 1.90 bits per heavy atom. The van der Waals surface area contributed by atoms with Gasteiger partial charge in [0.05, 0.1) is 19.3 Å². The average Bonchev–Trinajstić information content (AvgIpc) is 3.24. The van der Waals surface area contributed by atoms with E-state index < -0.39 is 0 Å². The third-order valence-electron chi connectivity index (χ3n) is 5.75. The Morgan fingerprint density at radius 1 is 1.10 bits per heavy atom. The standard InChI is InChI=1S/C24H29N5O2/c1-18-6-3-4-9-22(18)26-24(30)27-23-10-13-25-29(23)20-11-14-28(15-12-20)17-19-7-5-8-21(16-19)31-2/h3-10,13,16,20H,11-12,14-15,17H2,1-2H3,(H2,26,27,30). The molecule has 1 saturated heterocycles. The van der Waals surface area contributed by atoms with E-state index in [0.29, 0.717) is 0 Å². The van der Waals surface area contributed by atoms with Gasteiger partial charge in [-0.15, -0.1) is 0 Å². The largest absolute Gasteiger partial charge is 0.497 e. The summed E-state index contributed by atoms with van der Waals surface area (Å²) in [6, 6.07) is 17.8. The first-order chi connectivity index (χ1) is 15.1. The number of carbonyl (C=O) groups is 1. The number of rotatable bonds is 6. The fourth-order valence-electron chi connectivity index (χ4n) is 4.04. The van der Waals surface area contributed by atoms with Crippen LogP contribution in [0, 0.1) is 6.92 Å². The average molecular weight is 420 g/mol. The van der Waals surface area contributed by atoms with Crippen LogP contribution in [0.25, 0.3) is 0 Å². The summed E-state index contributed by atoms with van der Waals surface area (Å²) >= 11 is 0. The fourth-order valence-corrected chi connectivity index (χ4v) is 4.04. The highest BCUT2D eigenvalue weighted by molar-refractivity contribution is 5.99. The van der Waals surface area contributed by atoms with Crippen molar-refractivity contribution in [1.82, 2.24) is 14.7 Å². The minimum Gasteiger partial charge on any atom is -0.497 e. The zero-order chi connectivity index (χ0) is 21.6. The fraction of sp³-hybridized carbons (Fsp3) is 0.333. The molecule has 2 N–H and O–H groups in total. The van der Waals surface area contributed by atoms with E-state index >= 15 is 0 Å². The molecule has 0 saturated carbocycles. The highest BCUT2D eigenvalue weighted by Gasteiger charge is 2.23. The topological polar surface area (TPSA) is 71.4 Å². The number of likely N-dealkylation sites (tertiary alicyclic amines) is 1. The first-order valence-corrected chi connectivity index (χ1v) is 10.6. The summed E-state index contributed by atoms with van der Waals surface area (Å²) in [5.41, 5.74) is 3.08. The predicted molar refractivity (Wildman–Crippen MR) is 123 cm³/mol. The van der Waals surface area contributed by atoms with Gasteiger partial charge in [-0.2, -0.15) is 5.10 Å². The summed E-state index contributed by atoms with van der Waals surface area (Å²) in [6.45, 7) is 4.85. The van der Waals surface area contributed by atoms with E-state index in [1.54, 1.807) is 13.3 Å². The number of methoxy groups -OCH3 is 1. The molecule has 4 rings (SSSR count). The first kappa shape index (κ1) is 20.9. The molecule has 0 bridgehead atoms. The number of carbonyl (C=O) groups excluding carboxylic acids is 1. The molecule has 2 amide bonds. The summed E-state index contributed by atoms with van der Waals surface area (Å²) in [5, 5.41) is 10.4. The lowest BCUT2D eigenvalue weighted by atomic mass is 10.0. The maximum Gasteiger partial charge on any atom is 0.324 e. The van der Waals surface area contributed by atoms with Crippen molar-refractivity contribution in [2.45, 2.75) is 32.4 Å². The summed E-state index contributed by atoms with van der Waals surface area (Å²) in [6.07, 6.45) is 3.71. The summed E-state index contributed by atoms with van der Waals surface area (Å²) < 4.78 is 7.27. The Balaban J connectivity index is 1.33. The molecule has 1 aliphatic rings. The van der Waals surface area contributed by atoms with Gasteiger partial charge in [0, 0.05) is 31.4 Å². The molecule has 0 radical (unpaired) electrons. The minimum atomic E-state index is -0.258. The van der Waals surface area contributed by atoms with Gasteiger partial charge in [0.2, 0.25) is 0 Å². The first-order valence-electron chi connectivity index (χ1n) is 10.6. The summed E-state index contributed by atoms with van der Waals surface area (Å²) in [4.78, 5) is 14.9. The number of nitrogens with zero attached hydrogens (tertiary/aromatic N) is 3. The van der Waals surface area contributed by atoms with Crippen LogP contribution in [0.1, 0.15) is 30.0 Å². The molecule has 1 aromatic heterocycles. The lowest BCUT2D eigenvalue weighted by Crippen LogP contribution is -2.35. The van der Waals surface area contributed by atoms with Crippen LogP contribution in [0.4, 0.5) is 16.3 Å². The SMILES string of the molecule is COc1cccc(CN2CCC(n3nccc3NC(=O)Nc3ccccc3C)CC2)c1. The van der Waals surface area contributed by atoms with E-state index in [-0.39, 0.29) is 12.1 Å². The second-order valence-electron chi connectivity index (χ2n) is 7.91. The second-order valence-corrected chi connectivity index (χ2v) is 7.91. The number of urea groups is 1. The van der Waals surface area contributed by atoms with Crippen LogP contribution >= 0.6 is 0 Å². The van der Waals surface area contributed by atoms with Crippen molar-refractivity contribution in [3.8, 4) is 5.75 Å². The number of nitrogens with one attached hydrogen (secondary N) is 2. The van der Waals surface area contributed by atoms with Crippen LogP contribution in [-0.2, 0) is 6.54 Å². The van der Waals surface area contributed by atoms with Crippen LogP contribution in [0.3, 0.4) is 0 Å². The second kappa shape index (κ2) is 9.66. The van der Waals surface area contributed by atoms with Crippen molar-refractivity contribution in [2.24, 2.45) is 0 Å². The molecule has 162 valence electrons. The molecular weight excluding hydrogens is 390 g/mol. The zero-order valence-electron chi connectivity index (χ0n) is 18.0. The van der Waals surface area contributed by atoms with E-state index in [1.807, 2.05) is 54.1 Å². The molecule has 3 aromatic rings. The van der Waals surface area contributed by atoms with Gasteiger partial charge in [0.15, 0.2) is 0 Å². The van der Waals surface area contributed by atoms with Crippen LogP contribution in [-0.4, -0.2) is 40.9 Å². The van der Waals surface area contributed by atoms with Crippen molar-refractivity contribution in [2.75, 3.05) is 30.8 Å². The maximum absolute atomic E-state index is 12.5. The molecule has 1 fully saturated rings. The molecule has 2 heterocycles. The van der Waals surface area contributed by atoms with Gasteiger partial charge in [-0.05, 0) is 49.1 Å². The van der Waals surface area contributed by atoms with Crippen LogP contribution < -0.4 is 15.4 Å². The number of aryl methyl sites for hydroxylation is 1. The number of anilines is 2. The summed E-state index contributed by atoms with van der Waals surface area (Å²) in [7, 11) is 1.70. The van der Waals surface area contributed by atoms with Gasteiger partial charge in [0.25, 0.3) is 0 Å². The lowest BCUT2D eigenvalue weighted by Gasteiger charge is -2.32. The van der Waals surface area contributed by atoms with E-state index in [9.17, 15) is 4.79 Å². The Labute approximate surface area is 183 Å². The van der Waals surface area contributed by atoms with Crippen LogP contribution in [0.5, 0.6) is 5.75 Å². The molecular formula is C24H29N5O2. The van der Waals surface area contributed by atoms with E-state index in [0.717, 1.165) is 55.3 Å².